The zero-order valence-electron chi connectivity index (χ0n) is 9.55. The summed E-state index contributed by atoms with van der Waals surface area (Å²) in [6, 6.07) is 0. The Balaban J connectivity index is 1.92. The van der Waals surface area contributed by atoms with Gasteiger partial charge in [0.1, 0.15) is 6.10 Å². The van der Waals surface area contributed by atoms with Gasteiger partial charge in [0.2, 0.25) is 5.91 Å². The normalized spacial score (nSPS) is 34.3. The Labute approximate surface area is 99.6 Å². The van der Waals surface area contributed by atoms with E-state index in [-0.39, 0.29) is 17.3 Å². The quantitative estimate of drug-likeness (QED) is 0.772. The zero-order valence-corrected chi connectivity index (χ0v) is 10.4. The summed E-state index contributed by atoms with van der Waals surface area (Å²) in [4.78, 5) is 15.0. The second kappa shape index (κ2) is 4.77. The first kappa shape index (κ1) is 12.0. The minimum atomic E-state index is -0.547. The molecule has 90 valence electrons. The van der Waals surface area contributed by atoms with E-state index in [0.29, 0.717) is 13.1 Å². The highest BCUT2D eigenvalue weighted by Crippen LogP contribution is 2.33. The number of ether oxygens (including phenoxy) is 1. The molecular weight excluding hydrogens is 226 g/mol. The fourth-order valence-corrected chi connectivity index (χ4v) is 3.20. The third-order valence-corrected chi connectivity index (χ3v) is 4.29. The summed E-state index contributed by atoms with van der Waals surface area (Å²) in [6.07, 6.45) is 2.12. The van der Waals surface area contributed by atoms with Gasteiger partial charge in [0.05, 0.1) is 11.4 Å². The van der Waals surface area contributed by atoms with Gasteiger partial charge in [0.15, 0.2) is 0 Å². The van der Waals surface area contributed by atoms with Crippen LogP contribution < -0.4 is 0 Å². The van der Waals surface area contributed by atoms with Crippen LogP contribution in [0, 0.1) is 0 Å². The summed E-state index contributed by atoms with van der Waals surface area (Å²) < 4.78 is 5.12. The molecule has 0 aromatic carbocycles. The lowest BCUT2D eigenvalue weighted by atomic mass is 10.2. The number of likely N-dealkylation sites (tertiary alicyclic amines) is 1. The Hall–Kier alpha value is -0.520. The lowest BCUT2D eigenvalue weighted by Crippen LogP contribution is -2.36. The molecule has 1 amide bonds. The van der Waals surface area contributed by atoms with Crippen LogP contribution in [-0.2, 0) is 9.53 Å². The van der Waals surface area contributed by atoms with Gasteiger partial charge < -0.3 is 14.7 Å². The number of carbonyl (C=O) groups excluding carboxylic acids is 1. The monoisotopic (exact) mass is 243 g/mol. The van der Waals surface area contributed by atoms with E-state index in [1.807, 2.05) is 6.92 Å². The van der Waals surface area contributed by atoms with Gasteiger partial charge in [-0.1, -0.05) is 6.08 Å². The summed E-state index contributed by atoms with van der Waals surface area (Å²) >= 11 is 1.62. The van der Waals surface area contributed by atoms with Crippen molar-refractivity contribution >= 4 is 17.7 Å². The van der Waals surface area contributed by atoms with E-state index in [9.17, 15) is 9.90 Å². The maximum atomic E-state index is 12.1. The molecule has 16 heavy (non-hydrogen) atoms. The van der Waals surface area contributed by atoms with Crippen molar-refractivity contribution in [2.45, 2.75) is 30.8 Å². The molecule has 3 atom stereocenters. The summed E-state index contributed by atoms with van der Waals surface area (Å²) in [5, 5.41) is 9.67. The number of thioether (sulfide) groups is 1. The van der Waals surface area contributed by atoms with E-state index in [1.165, 1.54) is 4.91 Å². The van der Waals surface area contributed by atoms with Crippen molar-refractivity contribution in [1.29, 1.82) is 0 Å². The SMILES string of the molecule is COC1CN(C(=O)C2CC=C(C)S2)CC1O. The molecule has 0 aromatic rings. The van der Waals surface area contributed by atoms with Gasteiger partial charge in [0, 0.05) is 20.2 Å². The van der Waals surface area contributed by atoms with Crippen LogP contribution in [0.3, 0.4) is 0 Å². The third kappa shape index (κ3) is 2.26. The first-order valence-electron chi connectivity index (χ1n) is 5.45. The van der Waals surface area contributed by atoms with E-state index in [1.54, 1.807) is 23.8 Å². The molecule has 0 aliphatic carbocycles. The predicted octanol–water partition coefficient (Wildman–Crippen LogP) is 0.614. The van der Waals surface area contributed by atoms with Crippen molar-refractivity contribution in [3.05, 3.63) is 11.0 Å². The van der Waals surface area contributed by atoms with E-state index in [4.69, 9.17) is 4.74 Å². The maximum Gasteiger partial charge on any atom is 0.236 e. The smallest absolute Gasteiger partial charge is 0.236 e. The molecule has 1 saturated heterocycles. The van der Waals surface area contributed by atoms with Gasteiger partial charge in [-0.3, -0.25) is 4.79 Å². The summed E-state index contributed by atoms with van der Waals surface area (Å²) in [6.45, 7) is 2.93. The molecule has 4 nitrogen and oxygen atoms in total. The van der Waals surface area contributed by atoms with Gasteiger partial charge in [-0.15, -0.1) is 11.8 Å². The molecule has 0 bridgehead atoms. The number of hydrogen-bond donors (Lipinski definition) is 1. The first-order valence-corrected chi connectivity index (χ1v) is 6.33. The molecule has 2 rings (SSSR count). The van der Waals surface area contributed by atoms with E-state index < -0.39 is 6.10 Å². The number of nitrogens with zero attached hydrogens (tertiary/aromatic N) is 1. The number of aliphatic hydroxyl groups is 1. The average molecular weight is 243 g/mol. The second-order valence-electron chi connectivity index (χ2n) is 4.24. The lowest BCUT2D eigenvalue weighted by Gasteiger charge is -2.19. The molecule has 5 heteroatoms. The highest BCUT2D eigenvalue weighted by molar-refractivity contribution is 8.04. The number of β-amino-alcohol motifs (C(OH)–C–C–N with tert-alkyl or cyclic N) is 1. The molecule has 0 radical (unpaired) electrons. The molecular formula is C11H17NO3S. The highest BCUT2D eigenvalue weighted by Gasteiger charge is 2.37. The van der Waals surface area contributed by atoms with E-state index in [2.05, 4.69) is 6.08 Å². The maximum absolute atomic E-state index is 12.1. The standard InChI is InChI=1S/C11H17NO3S/c1-7-3-4-10(16-7)11(14)12-5-8(13)9(6-12)15-2/h3,8-10,13H,4-6H2,1-2H3. The fraction of sp³-hybridized carbons (Fsp3) is 0.727. The number of rotatable bonds is 2. The van der Waals surface area contributed by atoms with Crippen molar-refractivity contribution in [1.82, 2.24) is 4.90 Å². The Bertz CT molecular complexity index is 318. The Morgan fingerprint density at radius 3 is 2.88 bits per heavy atom. The van der Waals surface area contributed by atoms with Crippen LogP contribution >= 0.6 is 11.8 Å². The number of amides is 1. The van der Waals surface area contributed by atoms with Crippen LogP contribution in [0.4, 0.5) is 0 Å². The molecule has 0 aromatic heterocycles. The van der Waals surface area contributed by atoms with Crippen LogP contribution in [0.25, 0.3) is 0 Å². The fourth-order valence-electron chi connectivity index (χ4n) is 2.12. The minimum absolute atomic E-state index is 0.00260. The molecule has 1 N–H and O–H groups in total. The number of aliphatic hydroxyl groups excluding tert-OH is 1. The van der Waals surface area contributed by atoms with Crippen molar-refractivity contribution in [2.75, 3.05) is 20.2 Å². The van der Waals surface area contributed by atoms with Gasteiger partial charge in [-0.25, -0.2) is 0 Å². The Kier molecular flexibility index (Phi) is 3.56. The largest absolute Gasteiger partial charge is 0.388 e. The molecule has 0 saturated carbocycles. The zero-order chi connectivity index (χ0) is 11.7. The van der Waals surface area contributed by atoms with Crippen LogP contribution in [0.2, 0.25) is 0 Å². The average Bonchev–Trinajstić information content (AvgIpc) is 2.83. The lowest BCUT2D eigenvalue weighted by molar-refractivity contribution is -0.130. The highest BCUT2D eigenvalue weighted by atomic mass is 32.2. The van der Waals surface area contributed by atoms with Crippen LogP contribution in [0.5, 0.6) is 0 Å². The van der Waals surface area contributed by atoms with Gasteiger partial charge in [0.25, 0.3) is 0 Å². The topological polar surface area (TPSA) is 49.8 Å². The Morgan fingerprint density at radius 1 is 1.62 bits per heavy atom. The van der Waals surface area contributed by atoms with Gasteiger partial charge >= 0.3 is 0 Å². The van der Waals surface area contributed by atoms with Crippen LogP contribution in [0.1, 0.15) is 13.3 Å². The number of hydrogen-bond acceptors (Lipinski definition) is 4. The summed E-state index contributed by atoms with van der Waals surface area (Å²) in [5.41, 5.74) is 0. The molecule has 2 aliphatic rings. The van der Waals surface area contributed by atoms with E-state index in [0.717, 1.165) is 6.42 Å². The van der Waals surface area contributed by atoms with Crippen molar-refractivity contribution in [3.63, 3.8) is 0 Å². The van der Waals surface area contributed by atoms with Gasteiger partial charge in [-0.2, -0.15) is 0 Å². The van der Waals surface area contributed by atoms with Gasteiger partial charge in [-0.05, 0) is 18.2 Å². The first-order chi connectivity index (χ1) is 7.61. The summed E-state index contributed by atoms with van der Waals surface area (Å²) in [5.74, 6) is 0.122. The molecule has 3 unspecified atom stereocenters. The molecule has 1 fully saturated rings. The van der Waals surface area contributed by atoms with Crippen molar-refractivity contribution in [2.24, 2.45) is 0 Å². The molecule has 2 aliphatic heterocycles. The van der Waals surface area contributed by atoms with Crippen LogP contribution in [0.15, 0.2) is 11.0 Å². The Morgan fingerprint density at radius 2 is 2.38 bits per heavy atom. The van der Waals surface area contributed by atoms with E-state index >= 15 is 0 Å². The predicted molar refractivity (Wildman–Crippen MR) is 63.1 cm³/mol. The van der Waals surface area contributed by atoms with Crippen molar-refractivity contribution in [3.8, 4) is 0 Å². The van der Waals surface area contributed by atoms with Crippen LogP contribution in [-0.4, -0.2) is 53.6 Å². The third-order valence-electron chi connectivity index (χ3n) is 3.07. The number of methoxy groups -OCH3 is 1. The number of allylic oxidation sites excluding steroid dienone is 2. The second-order valence-corrected chi connectivity index (χ2v) is 5.69. The van der Waals surface area contributed by atoms with Crippen molar-refractivity contribution < 1.29 is 14.6 Å². The minimum Gasteiger partial charge on any atom is -0.388 e. The number of carbonyl (C=O) groups is 1. The summed E-state index contributed by atoms with van der Waals surface area (Å²) in [7, 11) is 1.57. The molecule has 0 spiro atoms. The molecule has 2 heterocycles.